The summed E-state index contributed by atoms with van der Waals surface area (Å²) in [4.78, 5) is 0. The van der Waals surface area contributed by atoms with Gasteiger partial charge in [0.25, 0.3) is 0 Å². The molecule has 0 aliphatic heterocycles. The summed E-state index contributed by atoms with van der Waals surface area (Å²) in [5.41, 5.74) is 2.36. The van der Waals surface area contributed by atoms with Gasteiger partial charge in [0.1, 0.15) is 0 Å². The van der Waals surface area contributed by atoms with Crippen molar-refractivity contribution in [2.75, 3.05) is 0 Å². The molecular weight excluding hydrogens is 196 g/mol. The normalized spacial score (nSPS) is 11.4. The third kappa shape index (κ3) is 1.94. The third-order valence-corrected chi connectivity index (χ3v) is 3.07. The highest BCUT2D eigenvalue weighted by atomic mass is 16.3. The summed E-state index contributed by atoms with van der Waals surface area (Å²) in [6, 6.07) is 17.4. The molecule has 16 heavy (non-hydrogen) atoms. The van der Waals surface area contributed by atoms with Crippen molar-refractivity contribution in [1.82, 2.24) is 0 Å². The van der Waals surface area contributed by atoms with E-state index < -0.39 is 0 Å². The molecule has 0 spiro atoms. The van der Waals surface area contributed by atoms with Crippen LogP contribution < -0.4 is 0 Å². The summed E-state index contributed by atoms with van der Waals surface area (Å²) >= 11 is 0. The minimum absolute atomic E-state index is 0.0606. The standard InChI is InChI=1S/C15H15O/c1-15(2,12-6-4-3-5-7-12)13-8-10-14(16)11-9-13/h3-11H,1-2H3. The van der Waals surface area contributed by atoms with Gasteiger partial charge >= 0.3 is 0 Å². The van der Waals surface area contributed by atoms with Crippen molar-refractivity contribution < 1.29 is 5.11 Å². The first-order valence-corrected chi connectivity index (χ1v) is 5.44. The maximum absolute atomic E-state index is 11.1. The van der Waals surface area contributed by atoms with Crippen LogP contribution in [0.3, 0.4) is 0 Å². The first kappa shape index (κ1) is 10.7. The number of benzene rings is 2. The zero-order valence-corrected chi connectivity index (χ0v) is 9.60. The summed E-state index contributed by atoms with van der Waals surface area (Å²) in [5.74, 6) is 0.0626. The van der Waals surface area contributed by atoms with E-state index in [1.54, 1.807) is 12.1 Å². The molecule has 2 rings (SSSR count). The molecule has 1 radical (unpaired) electrons. The first-order valence-electron chi connectivity index (χ1n) is 5.44. The van der Waals surface area contributed by atoms with Gasteiger partial charge in [-0.15, -0.1) is 0 Å². The van der Waals surface area contributed by atoms with Gasteiger partial charge in [-0.3, -0.25) is 5.11 Å². The minimum atomic E-state index is -0.0606. The second kappa shape index (κ2) is 4.01. The van der Waals surface area contributed by atoms with Crippen LogP contribution in [0, 0.1) is 0 Å². The fourth-order valence-corrected chi connectivity index (χ4v) is 1.89. The lowest BCUT2D eigenvalue weighted by atomic mass is 9.78. The van der Waals surface area contributed by atoms with Crippen LogP contribution in [0.25, 0.3) is 0 Å². The molecule has 0 atom stereocenters. The largest absolute Gasteiger partial charge is 0.290 e. The monoisotopic (exact) mass is 211 g/mol. The van der Waals surface area contributed by atoms with Crippen LogP contribution in [-0.2, 0) is 10.5 Å². The minimum Gasteiger partial charge on any atom is -0.290 e. The lowest BCUT2D eigenvalue weighted by Gasteiger charge is -2.25. The highest BCUT2D eigenvalue weighted by molar-refractivity contribution is 5.39. The van der Waals surface area contributed by atoms with Crippen molar-refractivity contribution >= 4 is 0 Å². The number of hydrogen-bond acceptors (Lipinski definition) is 0. The molecule has 0 heterocycles. The van der Waals surface area contributed by atoms with Crippen molar-refractivity contribution in [2.45, 2.75) is 19.3 Å². The lowest BCUT2D eigenvalue weighted by molar-refractivity contribution is 0.354. The third-order valence-electron chi connectivity index (χ3n) is 3.07. The van der Waals surface area contributed by atoms with Gasteiger partial charge in [0.2, 0.25) is 0 Å². The SMILES string of the molecule is CC(C)(c1ccccc1)c1ccc([O])cc1. The van der Waals surface area contributed by atoms with E-state index in [0.29, 0.717) is 0 Å². The molecule has 0 fully saturated rings. The fourth-order valence-electron chi connectivity index (χ4n) is 1.89. The van der Waals surface area contributed by atoms with Crippen molar-refractivity contribution in [3.05, 3.63) is 65.7 Å². The van der Waals surface area contributed by atoms with Gasteiger partial charge in [-0.1, -0.05) is 56.3 Å². The Morgan fingerprint density at radius 2 is 1.25 bits per heavy atom. The Bertz CT molecular complexity index is 455. The summed E-state index contributed by atoms with van der Waals surface area (Å²) in [5, 5.41) is 11.1. The average Bonchev–Trinajstić information content (AvgIpc) is 2.31. The van der Waals surface area contributed by atoms with Crippen LogP contribution in [0.5, 0.6) is 5.75 Å². The molecule has 0 aliphatic carbocycles. The molecule has 0 aliphatic rings. The van der Waals surface area contributed by atoms with Crippen LogP contribution in [-0.4, -0.2) is 0 Å². The van der Waals surface area contributed by atoms with Crippen LogP contribution in [0.2, 0.25) is 0 Å². The molecule has 1 heteroatoms. The molecule has 81 valence electrons. The van der Waals surface area contributed by atoms with Crippen molar-refractivity contribution in [2.24, 2.45) is 0 Å². The predicted molar refractivity (Wildman–Crippen MR) is 65.1 cm³/mol. The van der Waals surface area contributed by atoms with Gasteiger partial charge in [-0.25, -0.2) is 0 Å². The van der Waals surface area contributed by atoms with Gasteiger partial charge in [-0.05, 0) is 23.3 Å². The molecular formula is C15H15O. The molecule has 0 unspecified atom stereocenters. The van der Waals surface area contributed by atoms with Crippen molar-refractivity contribution in [3.63, 3.8) is 0 Å². The number of hydrogen-bond donors (Lipinski definition) is 0. The van der Waals surface area contributed by atoms with E-state index in [9.17, 15) is 5.11 Å². The zero-order chi connectivity index (χ0) is 11.6. The van der Waals surface area contributed by atoms with Gasteiger partial charge in [0, 0.05) is 5.41 Å². The van der Waals surface area contributed by atoms with Crippen LogP contribution in [0.15, 0.2) is 54.6 Å². The maximum Gasteiger partial charge on any atom is 0.178 e. The number of rotatable bonds is 2. The first-order chi connectivity index (χ1) is 7.60. The van der Waals surface area contributed by atoms with E-state index in [1.807, 2.05) is 30.3 Å². The molecule has 0 saturated heterocycles. The quantitative estimate of drug-likeness (QED) is 0.711. The topological polar surface area (TPSA) is 19.9 Å². The van der Waals surface area contributed by atoms with Gasteiger partial charge in [0.05, 0.1) is 0 Å². The summed E-state index contributed by atoms with van der Waals surface area (Å²) in [6.07, 6.45) is 0. The molecule has 2 aromatic carbocycles. The van der Waals surface area contributed by atoms with Crippen LogP contribution >= 0.6 is 0 Å². The van der Waals surface area contributed by atoms with E-state index in [4.69, 9.17) is 0 Å². The predicted octanol–water partition coefficient (Wildman–Crippen LogP) is 4.16. The summed E-state index contributed by atoms with van der Waals surface area (Å²) in [7, 11) is 0. The van der Waals surface area contributed by atoms with Crippen molar-refractivity contribution in [3.8, 4) is 5.75 Å². The molecule has 1 nitrogen and oxygen atoms in total. The maximum atomic E-state index is 11.1. The van der Waals surface area contributed by atoms with Crippen LogP contribution in [0.4, 0.5) is 0 Å². The Morgan fingerprint density at radius 3 is 1.81 bits per heavy atom. The van der Waals surface area contributed by atoms with E-state index in [-0.39, 0.29) is 11.2 Å². The Kier molecular flexibility index (Phi) is 2.69. The van der Waals surface area contributed by atoms with E-state index in [2.05, 4.69) is 26.0 Å². The smallest absolute Gasteiger partial charge is 0.178 e. The van der Waals surface area contributed by atoms with Gasteiger partial charge in [0.15, 0.2) is 5.75 Å². The van der Waals surface area contributed by atoms with Crippen molar-refractivity contribution in [1.29, 1.82) is 0 Å². The fraction of sp³-hybridized carbons (Fsp3) is 0.200. The summed E-state index contributed by atoms with van der Waals surface area (Å²) < 4.78 is 0. The van der Waals surface area contributed by atoms with Crippen LogP contribution in [0.1, 0.15) is 25.0 Å². The summed E-state index contributed by atoms with van der Waals surface area (Å²) in [6.45, 7) is 4.34. The Balaban J connectivity index is 2.43. The van der Waals surface area contributed by atoms with Gasteiger partial charge in [-0.2, -0.15) is 0 Å². The molecule has 0 saturated carbocycles. The average molecular weight is 211 g/mol. The second-order valence-electron chi connectivity index (χ2n) is 4.52. The second-order valence-corrected chi connectivity index (χ2v) is 4.52. The molecule has 0 aromatic heterocycles. The molecule has 0 bridgehead atoms. The van der Waals surface area contributed by atoms with Gasteiger partial charge < -0.3 is 0 Å². The Morgan fingerprint density at radius 1 is 0.750 bits per heavy atom. The lowest BCUT2D eigenvalue weighted by Crippen LogP contribution is -2.18. The van der Waals surface area contributed by atoms with E-state index in [1.165, 1.54) is 11.1 Å². The highest BCUT2D eigenvalue weighted by Gasteiger charge is 2.22. The molecule has 0 amide bonds. The van der Waals surface area contributed by atoms with E-state index >= 15 is 0 Å². The Labute approximate surface area is 96.4 Å². The molecule has 0 N–H and O–H groups in total. The van der Waals surface area contributed by atoms with E-state index in [0.717, 1.165) is 0 Å². The molecule has 2 aromatic rings. The zero-order valence-electron chi connectivity index (χ0n) is 9.60. The highest BCUT2D eigenvalue weighted by Crippen LogP contribution is 2.31. The Hall–Kier alpha value is -1.76.